The van der Waals surface area contributed by atoms with Crippen molar-refractivity contribution in [1.82, 2.24) is 19.2 Å². The summed E-state index contributed by atoms with van der Waals surface area (Å²) in [6, 6.07) is 8.53. The number of aryl methyl sites for hydroxylation is 2. The first-order valence-corrected chi connectivity index (χ1v) is 8.93. The fourth-order valence-electron chi connectivity index (χ4n) is 3.97. The molecule has 1 aromatic carbocycles. The van der Waals surface area contributed by atoms with Crippen LogP contribution < -0.4 is 0 Å². The second-order valence-corrected chi connectivity index (χ2v) is 7.08. The van der Waals surface area contributed by atoms with Crippen LogP contribution in [-0.4, -0.2) is 37.7 Å². The Bertz CT molecular complexity index is 907. The predicted octanol–water partition coefficient (Wildman–Crippen LogP) is 2.92. The van der Waals surface area contributed by atoms with E-state index in [-0.39, 0.29) is 11.9 Å². The van der Waals surface area contributed by atoms with Gasteiger partial charge in [0.1, 0.15) is 0 Å². The predicted molar refractivity (Wildman–Crippen MR) is 98.3 cm³/mol. The van der Waals surface area contributed by atoms with E-state index in [9.17, 15) is 4.79 Å². The third-order valence-electron chi connectivity index (χ3n) is 5.18. The first-order valence-electron chi connectivity index (χ1n) is 8.93. The minimum absolute atomic E-state index is 0.225. The van der Waals surface area contributed by atoms with E-state index in [1.807, 2.05) is 43.2 Å². The summed E-state index contributed by atoms with van der Waals surface area (Å²) in [5.74, 6) is 0.225. The van der Waals surface area contributed by atoms with E-state index in [0.717, 1.165) is 37.1 Å². The normalized spacial score (nSPS) is 17.5. The van der Waals surface area contributed by atoms with Gasteiger partial charge in [-0.1, -0.05) is 18.2 Å². The molecule has 0 bridgehead atoms. The van der Waals surface area contributed by atoms with Crippen LogP contribution in [0.25, 0.3) is 10.9 Å². The fourth-order valence-corrected chi connectivity index (χ4v) is 3.97. The van der Waals surface area contributed by atoms with Crippen LogP contribution in [0.15, 0.2) is 42.9 Å². The van der Waals surface area contributed by atoms with Crippen molar-refractivity contribution in [2.75, 3.05) is 6.54 Å². The Morgan fingerprint density at radius 3 is 2.92 bits per heavy atom. The molecule has 0 radical (unpaired) electrons. The van der Waals surface area contributed by atoms with Crippen LogP contribution in [0.2, 0.25) is 0 Å². The summed E-state index contributed by atoms with van der Waals surface area (Å²) in [6.07, 6.45) is 8.61. The van der Waals surface area contributed by atoms with Crippen LogP contribution in [0.1, 0.15) is 24.0 Å². The number of carbonyl (C=O) groups is 1. The van der Waals surface area contributed by atoms with Gasteiger partial charge in [0.2, 0.25) is 5.91 Å². The number of fused-ring (bicyclic) bond motifs is 1. The van der Waals surface area contributed by atoms with Gasteiger partial charge >= 0.3 is 0 Å². The lowest BCUT2D eigenvalue weighted by atomic mass is 10.1. The number of likely N-dealkylation sites (tertiary alicyclic amines) is 1. The largest absolute Gasteiger partial charge is 0.350 e. The summed E-state index contributed by atoms with van der Waals surface area (Å²) in [4.78, 5) is 15.0. The number of nitrogens with zero attached hydrogens (tertiary/aromatic N) is 4. The average Bonchev–Trinajstić information content (AvgIpc) is 3.29. The van der Waals surface area contributed by atoms with Crippen LogP contribution in [-0.2, 0) is 24.8 Å². The number of benzene rings is 1. The van der Waals surface area contributed by atoms with Crippen LogP contribution in [0.5, 0.6) is 0 Å². The van der Waals surface area contributed by atoms with Crippen molar-refractivity contribution in [2.45, 2.75) is 38.8 Å². The Labute approximate surface area is 147 Å². The second-order valence-electron chi connectivity index (χ2n) is 7.08. The molecule has 3 heterocycles. The molecule has 4 rings (SSSR count). The molecule has 130 valence electrons. The van der Waals surface area contributed by atoms with E-state index < -0.39 is 0 Å². The molecule has 1 aliphatic rings. The van der Waals surface area contributed by atoms with Crippen LogP contribution in [0.4, 0.5) is 0 Å². The van der Waals surface area contributed by atoms with E-state index in [2.05, 4.69) is 32.9 Å². The van der Waals surface area contributed by atoms with Crippen molar-refractivity contribution >= 4 is 16.8 Å². The third-order valence-corrected chi connectivity index (χ3v) is 5.18. The summed E-state index contributed by atoms with van der Waals surface area (Å²) in [7, 11) is 2.04. The van der Waals surface area contributed by atoms with Crippen molar-refractivity contribution in [3.8, 4) is 0 Å². The molecule has 1 amide bonds. The Kier molecular flexibility index (Phi) is 4.07. The maximum atomic E-state index is 13.0. The molecule has 0 saturated carbocycles. The van der Waals surface area contributed by atoms with E-state index in [1.165, 1.54) is 10.9 Å². The number of hydrogen-bond donors (Lipinski definition) is 0. The van der Waals surface area contributed by atoms with E-state index in [4.69, 9.17) is 0 Å². The quantitative estimate of drug-likeness (QED) is 0.735. The van der Waals surface area contributed by atoms with Crippen LogP contribution >= 0.6 is 0 Å². The molecule has 25 heavy (non-hydrogen) atoms. The molecule has 1 aliphatic heterocycles. The van der Waals surface area contributed by atoms with E-state index in [0.29, 0.717) is 6.42 Å². The Balaban J connectivity index is 1.51. The number of rotatable bonds is 4. The first-order chi connectivity index (χ1) is 12.1. The van der Waals surface area contributed by atoms with E-state index in [1.54, 1.807) is 0 Å². The van der Waals surface area contributed by atoms with Gasteiger partial charge in [-0.2, -0.15) is 5.10 Å². The van der Waals surface area contributed by atoms with Gasteiger partial charge in [-0.25, -0.2) is 0 Å². The molecule has 5 heteroatoms. The lowest BCUT2D eigenvalue weighted by Crippen LogP contribution is -2.39. The maximum Gasteiger partial charge on any atom is 0.227 e. The van der Waals surface area contributed by atoms with E-state index >= 15 is 0 Å². The van der Waals surface area contributed by atoms with Gasteiger partial charge in [0.15, 0.2) is 0 Å². The number of hydrogen-bond acceptors (Lipinski definition) is 2. The van der Waals surface area contributed by atoms with Crippen molar-refractivity contribution in [2.24, 2.45) is 7.05 Å². The molecule has 1 fully saturated rings. The number of para-hydroxylation sites is 1. The molecule has 0 aliphatic carbocycles. The van der Waals surface area contributed by atoms with Gasteiger partial charge < -0.3 is 9.47 Å². The maximum absolute atomic E-state index is 13.0. The lowest BCUT2D eigenvalue weighted by molar-refractivity contribution is -0.131. The molecule has 0 N–H and O–H groups in total. The van der Waals surface area contributed by atoms with Crippen molar-refractivity contribution in [1.29, 1.82) is 0 Å². The summed E-state index contributed by atoms with van der Waals surface area (Å²) < 4.78 is 4.06. The summed E-state index contributed by atoms with van der Waals surface area (Å²) in [5.41, 5.74) is 3.45. The van der Waals surface area contributed by atoms with Crippen LogP contribution in [0.3, 0.4) is 0 Å². The third kappa shape index (κ3) is 3.06. The Hall–Kier alpha value is -2.56. The Morgan fingerprint density at radius 1 is 1.28 bits per heavy atom. The Morgan fingerprint density at radius 2 is 2.12 bits per heavy atom. The molecule has 3 aromatic rings. The number of amides is 1. The highest BCUT2D eigenvalue weighted by Crippen LogP contribution is 2.24. The van der Waals surface area contributed by atoms with Gasteiger partial charge in [0.05, 0.1) is 25.2 Å². The molecule has 5 nitrogen and oxygen atoms in total. The minimum atomic E-state index is 0.225. The van der Waals surface area contributed by atoms with Crippen LogP contribution in [0, 0.1) is 6.92 Å². The zero-order chi connectivity index (χ0) is 17.4. The highest BCUT2D eigenvalue weighted by atomic mass is 16.2. The van der Waals surface area contributed by atoms with Gasteiger partial charge in [-0.15, -0.1) is 0 Å². The molecular weight excluding hydrogens is 312 g/mol. The smallest absolute Gasteiger partial charge is 0.227 e. The second kappa shape index (κ2) is 6.39. The van der Waals surface area contributed by atoms with Gasteiger partial charge in [-0.05, 0) is 37.0 Å². The summed E-state index contributed by atoms with van der Waals surface area (Å²) >= 11 is 0. The SMILES string of the molecule is Cc1cnn(C[C@H]2CCCN2C(=O)Cc2cn(C)c3ccccc23)c1. The van der Waals surface area contributed by atoms with Gasteiger partial charge in [0, 0.05) is 36.9 Å². The standard InChI is InChI=1S/C20H24N4O/c1-15-11-21-23(12-15)14-17-6-5-9-24(17)20(25)10-16-13-22(2)19-8-4-3-7-18(16)19/h3-4,7-8,11-13,17H,5-6,9-10,14H2,1-2H3/t17-/m1/s1. The zero-order valence-corrected chi connectivity index (χ0v) is 14.9. The number of aromatic nitrogens is 3. The molecular formula is C20H24N4O. The molecule has 1 saturated heterocycles. The molecule has 0 unspecified atom stereocenters. The first kappa shape index (κ1) is 15.9. The van der Waals surface area contributed by atoms with Gasteiger partial charge in [0.25, 0.3) is 0 Å². The van der Waals surface area contributed by atoms with Gasteiger partial charge in [-0.3, -0.25) is 9.48 Å². The number of carbonyl (C=O) groups excluding carboxylic acids is 1. The average molecular weight is 336 g/mol. The molecule has 1 atom stereocenters. The minimum Gasteiger partial charge on any atom is -0.350 e. The highest BCUT2D eigenvalue weighted by Gasteiger charge is 2.29. The van der Waals surface area contributed by atoms with Crippen molar-refractivity contribution in [3.05, 3.63) is 54.0 Å². The summed E-state index contributed by atoms with van der Waals surface area (Å²) in [6.45, 7) is 3.69. The summed E-state index contributed by atoms with van der Waals surface area (Å²) in [5, 5.41) is 5.55. The fraction of sp³-hybridized carbons (Fsp3) is 0.400. The van der Waals surface area contributed by atoms with Crippen molar-refractivity contribution in [3.63, 3.8) is 0 Å². The van der Waals surface area contributed by atoms with Crippen molar-refractivity contribution < 1.29 is 4.79 Å². The monoisotopic (exact) mass is 336 g/mol. The lowest BCUT2D eigenvalue weighted by Gasteiger charge is -2.24. The topological polar surface area (TPSA) is 43.1 Å². The molecule has 0 spiro atoms. The zero-order valence-electron chi connectivity index (χ0n) is 14.9. The highest BCUT2D eigenvalue weighted by molar-refractivity contribution is 5.89. The molecule has 2 aromatic heterocycles.